The molecule has 2 aromatic carbocycles. The number of fused-ring (bicyclic) bond motifs is 1. The van der Waals surface area contributed by atoms with Gasteiger partial charge in [0, 0.05) is 35.0 Å². The Hall–Kier alpha value is -5.58. The van der Waals surface area contributed by atoms with E-state index >= 15 is 0 Å². The summed E-state index contributed by atoms with van der Waals surface area (Å²) in [7, 11) is 0. The maximum absolute atomic E-state index is 13.0. The van der Waals surface area contributed by atoms with Crippen LogP contribution in [0.5, 0.6) is 0 Å². The summed E-state index contributed by atoms with van der Waals surface area (Å²) in [4.78, 5) is 44.9. The lowest BCUT2D eigenvalue weighted by atomic mass is 9.99. The minimum Gasteiger partial charge on any atom is -0.475 e. The van der Waals surface area contributed by atoms with Crippen molar-refractivity contribution < 1.29 is 28.8 Å². The molecule has 3 N–H and O–H groups in total. The fourth-order valence-electron chi connectivity index (χ4n) is 4.06. The standard InChI is InChI=1S/C30H25N5O6/c1-30(2,3)40-29(39)34-33-27(36)21-14-24(32-23-12-13-31-16-22(21)23)19-8-4-17(5-9-19)18-6-10-20(11-7-18)25-15-26(28(37)38)41-35-25/h4-16H,1-3H3,(H,33,36)(H,34,39)(H,37,38). The molecule has 0 aliphatic heterocycles. The van der Waals surface area contributed by atoms with Gasteiger partial charge in [-0.05, 0) is 44.0 Å². The Morgan fingerprint density at radius 1 is 0.829 bits per heavy atom. The number of ether oxygens (including phenoxy) is 1. The van der Waals surface area contributed by atoms with Crippen molar-refractivity contribution in [3.05, 3.63) is 90.4 Å². The fraction of sp³-hybridized carbons (Fsp3) is 0.133. The zero-order chi connectivity index (χ0) is 29.1. The third kappa shape index (κ3) is 6.19. The number of carboxylic acid groups (broad SMARTS) is 1. The van der Waals surface area contributed by atoms with Gasteiger partial charge in [0.1, 0.15) is 11.3 Å². The highest BCUT2D eigenvalue weighted by molar-refractivity contribution is 6.07. The molecule has 0 saturated heterocycles. The molecular formula is C30H25N5O6. The van der Waals surface area contributed by atoms with E-state index in [1.54, 1.807) is 45.3 Å². The van der Waals surface area contributed by atoms with Crippen LogP contribution in [0.3, 0.4) is 0 Å². The minimum absolute atomic E-state index is 0.224. The zero-order valence-corrected chi connectivity index (χ0v) is 22.3. The molecule has 11 heteroatoms. The molecule has 3 aromatic heterocycles. The molecule has 5 rings (SSSR count). The van der Waals surface area contributed by atoms with E-state index in [1.165, 1.54) is 6.07 Å². The molecule has 0 aliphatic rings. The van der Waals surface area contributed by atoms with Crippen molar-refractivity contribution in [3.63, 3.8) is 0 Å². The summed E-state index contributed by atoms with van der Waals surface area (Å²) < 4.78 is 10.0. The molecule has 41 heavy (non-hydrogen) atoms. The van der Waals surface area contributed by atoms with Gasteiger partial charge >= 0.3 is 12.1 Å². The molecular weight excluding hydrogens is 526 g/mol. The van der Waals surface area contributed by atoms with Gasteiger partial charge in [0.25, 0.3) is 5.91 Å². The first-order valence-corrected chi connectivity index (χ1v) is 12.5. The molecule has 0 aliphatic carbocycles. The van der Waals surface area contributed by atoms with Crippen molar-refractivity contribution in [2.45, 2.75) is 26.4 Å². The predicted molar refractivity (Wildman–Crippen MR) is 150 cm³/mol. The fourth-order valence-corrected chi connectivity index (χ4v) is 4.06. The van der Waals surface area contributed by atoms with E-state index in [0.29, 0.717) is 22.3 Å². The highest BCUT2D eigenvalue weighted by Gasteiger charge is 2.19. The van der Waals surface area contributed by atoms with Crippen molar-refractivity contribution >= 4 is 28.9 Å². The summed E-state index contributed by atoms with van der Waals surface area (Å²) in [6.07, 6.45) is 2.36. The smallest absolute Gasteiger partial charge is 0.426 e. The Morgan fingerprint density at radius 2 is 1.44 bits per heavy atom. The zero-order valence-electron chi connectivity index (χ0n) is 22.3. The second kappa shape index (κ2) is 10.9. The quantitative estimate of drug-likeness (QED) is 0.240. The van der Waals surface area contributed by atoms with Crippen LogP contribution in [0.1, 0.15) is 41.7 Å². The second-order valence-electron chi connectivity index (χ2n) is 10.1. The average molecular weight is 552 g/mol. The van der Waals surface area contributed by atoms with Crippen molar-refractivity contribution in [2.75, 3.05) is 0 Å². The van der Waals surface area contributed by atoms with Crippen LogP contribution in [-0.4, -0.2) is 43.8 Å². The number of hydrogen-bond donors (Lipinski definition) is 3. The number of pyridine rings is 2. The topological polar surface area (TPSA) is 157 Å². The van der Waals surface area contributed by atoms with E-state index in [-0.39, 0.29) is 11.3 Å². The molecule has 5 aromatic rings. The Labute approximate surface area is 234 Å². The number of rotatable bonds is 5. The average Bonchev–Trinajstić information content (AvgIpc) is 3.46. The molecule has 0 spiro atoms. The molecule has 0 unspecified atom stereocenters. The molecule has 11 nitrogen and oxygen atoms in total. The van der Waals surface area contributed by atoms with Crippen molar-refractivity contribution in [1.29, 1.82) is 0 Å². The first kappa shape index (κ1) is 27.0. The number of hydrazine groups is 1. The number of nitrogens with zero attached hydrogens (tertiary/aromatic N) is 3. The largest absolute Gasteiger partial charge is 0.475 e. The number of benzene rings is 2. The molecule has 0 saturated carbocycles. The van der Waals surface area contributed by atoms with Crippen molar-refractivity contribution in [1.82, 2.24) is 26.0 Å². The first-order chi connectivity index (χ1) is 19.6. The molecule has 3 heterocycles. The van der Waals surface area contributed by atoms with Crippen LogP contribution in [0.15, 0.2) is 83.6 Å². The van der Waals surface area contributed by atoms with E-state index in [2.05, 4.69) is 21.0 Å². The van der Waals surface area contributed by atoms with Crippen LogP contribution >= 0.6 is 0 Å². The van der Waals surface area contributed by atoms with Gasteiger partial charge in [-0.2, -0.15) is 0 Å². The van der Waals surface area contributed by atoms with E-state index in [9.17, 15) is 14.4 Å². The van der Waals surface area contributed by atoms with Gasteiger partial charge in [-0.25, -0.2) is 20.0 Å². The number of aromatic nitrogens is 3. The predicted octanol–water partition coefficient (Wildman–Crippen LogP) is 5.49. The Kier molecular flexibility index (Phi) is 7.17. The third-order valence-corrected chi connectivity index (χ3v) is 5.95. The molecule has 206 valence electrons. The van der Waals surface area contributed by atoms with Gasteiger partial charge in [0.15, 0.2) is 0 Å². The Balaban J connectivity index is 1.37. The van der Waals surface area contributed by atoms with E-state index in [4.69, 9.17) is 19.4 Å². The Morgan fingerprint density at radius 3 is 2.02 bits per heavy atom. The van der Waals surface area contributed by atoms with E-state index in [0.717, 1.165) is 22.3 Å². The maximum atomic E-state index is 13.0. The molecule has 0 atom stereocenters. The summed E-state index contributed by atoms with van der Waals surface area (Å²) in [5.41, 5.74) is 9.18. The lowest BCUT2D eigenvalue weighted by molar-refractivity contribution is 0.0483. The molecule has 0 fully saturated rings. The van der Waals surface area contributed by atoms with Gasteiger partial charge in [-0.3, -0.25) is 15.2 Å². The van der Waals surface area contributed by atoms with Crippen molar-refractivity contribution in [3.8, 4) is 33.6 Å². The van der Waals surface area contributed by atoms with Crippen LogP contribution in [0.4, 0.5) is 4.79 Å². The van der Waals surface area contributed by atoms with Crippen LogP contribution < -0.4 is 10.9 Å². The molecule has 2 amide bonds. The number of amides is 2. The second-order valence-corrected chi connectivity index (χ2v) is 10.1. The van der Waals surface area contributed by atoms with Crippen LogP contribution in [-0.2, 0) is 4.74 Å². The molecule has 0 radical (unpaired) electrons. The lowest BCUT2D eigenvalue weighted by Crippen LogP contribution is -2.44. The van der Waals surface area contributed by atoms with Gasteiger partial charge < -0.3 is 14.4 Å². The Bertz CT molecular complexity index is 1760. The number of carbonyl (C=O) groups excluding carboxylic acids is 2. The van der Waals surface area contributed by atoms with Crippen LogP contribution in [0.25, 0.3) is 44.5 Å². The summed E-state index contributed by atoms with van der Waals surface area (Å²) in [6.45, 7) is 5.17. The number of carboxylic acids is 1. The number of carbonyl (C=O) groups is 3. The van der Waals surface area contributed by atoms with Crippen molar-refractivity contribution in [2.24, 2.45) is 0 Å². The summed E-state index contributed by atoms with van der Waals surface area (Å²) in [6, 6.07) is 19.9. The summed E-state index contributed by atoms with van der Waals surface area (Å²) in [5, 5.41) is 13.4. The summed E-state index contributed by atoms with van der Waals surface area (Å²) >= 11 is 0. The van der Waals surface area contributed by atoms with E-state index in [1.807, 2.05) is 48.5 Å². The third-order valence-electron chi connectivity index (χ3n) is 5.95. The van der Waals surface area contributed by atoms with Gasteiger partial charge in [-0.1, -0.05) is 53.7 Å². The number of aromatic carboxylic acids is 1. The van der Waals surface area contributed by atoms with Crippen LogP contribution in [0.2, 0.25) is 0 Å². The monoisotopic (exact) mass is 551 g/mol. The summed E-state index contributed by atoms with van der Waals surface area (Å²) in [5.74, 6) is -1.95. The lowest BCUT2D eigenvalue weighted by Gasteiger charge is -2.19. The molecule has 0 bridgehead atoms. The SMILES string of the molecule is CC(C)(C)OC(=O)NNC(=O)c1cc(-c2ccc(-c3ccc(-c4cc(C(=O)O)on4)cc3)cc2)nc2ccncc12. The van der Waals surface area contributed by atoms with Gasteiger partial charge in [0.05, 0.1) is 16.8 Å². The first-order valence-electron chi connectivity index (χ1n) is 12.5. The van der Waals surface area contributed by atoms with Gasteiger partial charge in [-0.15, -0.1) is 0 Å². The van der Waals surface area contributed by atoms with Crippen LogP contribution in [0, 0.1) is 0 Å². The highest BCUT2D eigenvalue weighted by Crippen LogP contribution is 2.29. The van der Waals surface area contributed by atoms with Gasteiger partial charge in [0.2, 0.25) is 5.76 Å². The normalized spacial score (nSPS) is 11.2. The minimum atomic E-state index is -1.18. The number of hydrogen-bond acceptors (Lipinski definition) is 8. The highest BCUT2D eigenvalue weighted by atomic mass is 16.6. The number of nitrogens with one attached hydrogen (secondary N) is 2. The van der Waals surface area contributed by atoms with E-state index < -0.39 is 23.6 Å². The maximum Gasteiger partial charge on any atom is 0.426 e.